The van der Waals surface area contributed by atoms with Gasteiger partial charge in [-0.1, -0.05) is 24.6 Å². The van der Waals surface area contributed by atoms with Gasteiger partial charge >= 0.3 is 0 Å². The zero-order valence-electron chi connectivity index (χ0n) is 11.2. The average molecular weight is 280 g/mol. The molecule has 3 atom stereocenters. The predicted molar refractivity (Wildman–Crippen MR) is 74.0 cm³/mol. The lowest BCUT2D eigenvalue weighted by Gasteiger charge is -2.27. The van der Waals surface area contributed by atoms with Crippen molar-refractivity contribution in [3.8, 4) is 11.8 Å². The Hall–Kier alpha value is -1.24. The van der Waals surface area contributed by atoms with Crippen LogP contribution in [0.2, 0.25) is 5.02 Å². The van der Waals surface area contributed by atoms with Crippen molar-refractivity contribution in [1.82, 2.24) is 0 Å². The molecular formula is C15H18ClNO2. The minimum Gasteiger partial charge on any atom is -0.495 e. The fourth-order valence-corrected chi connectivity index (χ4v) is 3.18. The number of rotatable bonds is 3. The van der Waals surface area contributed by atoms with Crippen LogP contribution < -0.4 is 4.74 Å². The molecule has 1 fully saturated rings. The Morgan fingerprint density at radius 1 is 1.58 bits per heavy atom. The van der Waals surface area contributed by atoms with E-state index < -0.39 is 11.5 Å². The summed E-state index contributed by atoms with van der Waals surface area (Å²) in [4.78, 5) is 0. The van der Waals surface area contributed by atoms with E-state index in [2.05, 4.69) is 13.0 Å². The highest BCUT2D eigenvalue weighted by Gasteiger charge is 2.44. The van der Waals surface area contributed by atoms with Crippen LogP contribution in [0.25, 0.3) is 0 Å². The van der Waals surface area contributed by atoms with Gasteiger partial charge in [0.1, 0.15) is 5.75 Å². The van der Waals surface area contributed by atoms with Crippen molar-refractivity contribution in [3.05, 3.63) is 28.8 Å². The molecule has 1 saturated carbocycles. The van der Waals surface area contributed by atoms with Crippen LogP contribution in [0.15, 0.2) is 18.2 Å². The first kappa shape index (κ1) is 14.2. The second-order valence-electron chi connectivity index (χ2n) is 5.41. The minimum atomic E-state index is -0.800. The third-order valence-electron chi connectivity index (χ3n) is 4.03. The van der Waals surface area contributed by atoms with Crippen LogP contribution in [-0.4, -0.2) is 12.2 Å². The van der Waals surface area contributed by atoms with E-state index in [1.807, 2.05) is 0 Å². The smallest absolute Gasteiger partial charge is 0.137 e. The molecule has 4 heteroatoms. The van der Waals surface area contributed by atoms with E-state index in [1.165, 1.54) is 0 Å². The summed E-state index contributed by atoms with van der Waals surface area (Å²) in [5, 5.41) is 20.5. The molecule has 0 amide bonds. The lowest BCUT2D eigenvalue weighted by molar-refractivity contribution is 0.0647. The SMILES string of the molecule is COc1ccc(C(O)C2(C#N)CCC(C)C2)cc1Cl. The number of nitriles is 1. The first-order valence-electron chi connectivity index (χ1n) is 6.45. The summed E-state index contributed by atoms with van der Waals surface area (Å²) in [6.07, 6.45) is 1.64. The molecule has 0 aromatic heterocycles. The van der Waals surface area contributed by atoms with Crippen LogP contribution >= 0.6 is 11.6 Å². The van der Waals surface area contributed by atoms with Gasteiger partial charge in [-0.2, -0.15) is 5.26 Å². The number of benzene rings is 1. The van der Waals surface area contributed by atoms with Crippen LogP contribution in [0.5, 0.6) is 5.75 Å². The number of halogens is 1. The molecule has 1 N–H and O–H groups in total. The Morgan fingerprint density at radius 2 is 2.32 bits per heavy atom. The van der Waals surface area contributed by atoms with Gasteiger partial charge < -0.3 is 9.84 Å². The lowest BCUT2D eigenvalue weighted by atomic mass is 9.78. The summed E-state index contributed by atoms with van der Waals surface area (Å²) in [5.41, 5.74) is -0.00130. The normalized spacial score (nSPS) is 27.8. The van der Waals surface area contributed by atoms with Crippen molar-refractivity contribution in [2.75, 3.05) is 7.11 Å². The third-order valence-corrected chi connectivity index (χ3v) is 4.33. The van der Waals surface area contributed by atoms with Crippen molar-refractivity contribution in [1.29, 1.82) is 5.26 Å². The van der Waals surface area contributed by atoms with Crippen molar-refractivity contribution < 1.29 is 9.84 Å². The molecule has 3 nitrogen and oxygen atoms in total. The molecule has 0 radical (unpaired) electrons. The summed E-state index contributed by atoms with van der Waals surface area (Å²) in [5.74, 6) is 1.05. The Morgan fingerprint density at radius 3 is 2.79 bits per heavy atom. The van der Waals surface area contributed by atoms with Gasteiger partial charge in [0.15, 0.2) is 0 Å². The molecule has 3 unspecified atom stereocenters. The van der Waals surface area contributed by atoms with E-state index >= 15 is 0 Å². The van der Waals surface area contributed by atoms with E-state index in [0.29, 0.717) is 22.3 Å². The Labute approximate surface area is 118 Å². The van der Waals surface area contributed by atoms with Crippen LogP contribution in [0.4, 0.5) is 0 Å². The third kappa shape index (κ3) is 2.56. The van der Waals surface area contributed by atoms with Crippen molar-refractivity contribution >= 4 is 11.6 Å². The monoisotopic (exact) mass is 279 g/mol. The number of methoxy groups -OCH3 is 1. The van der Waals surface area contributed by atoms with Crippen LogP contribution in [-0.2, 0) is 0 Å². The van der Waals surface area contributed by atoms with Crippen LogP contribution in [0.1, 0.15) is 37.9 Å². The molecule has 1 aliphatic rings. The molecule has 0 spiro atoms. The summed E-state index contributed by atoms with van der Waals surface area (Å²) >= 11 is 6.08. The molecule has 0 saturated heterocycles. The second-order valence-corrected chi connectivity index (χ2v) is 5.82. The number of hydrogen-bond donors (Lipinski definition) is 1. The average Bonchev–Trinajstić information content (AvgIpc) is 2.80. The van der Waals surface area contributed by atoms with Gasteiger partial charge in [-0.25, -0.2) is 0 Å². The Bertz CT molecular complexity index is 511. The largest absolute Gasteiger partial charge is 0.495 e. The van der Waals surface area contributed by atoms with Gasteiger partial charge in [0.05, 0.1) is 29.7 Å². The highest BCUT2D eigenvalue weighted by molar-refractivity contribution is 6.32. The van der Waals surface area contributed by atoms with E-state index in [4.69, 9.17) is 16.3 Å². The molecule has 0 aliphatic heterocycles. The zero-order chi connectivity index (χ0) is 14.0. The fourth-order valence-electron chi connectivity index (χ4n) is 2.91. The van der Waals surface area contributed by atoms with Gasteiger partial charge in [-0.05, 0) is 42.9 Å². The highest BCUT2D eigenvalue weighted by atomic mass is 35.5. The summed E-state index contributed by atoms with van der Waals surface area (Å²) in [6, 6.07) is 7.52. The number of ether oxygens (including phenoxy) is 1. The van der Waals surface area contributed by atoms with Crippen molar-refractivity contribution in [2.45, 2.75) is 32.3 Å². The highest BCUT2D eigenvalue weighted by Crippen LogP contribution is 2.49. The molecule has 1 aromatic rings. The van der Waals surface area contributed by atoms with Crippen LogP contribution in [0.3, 0.4) is 0 Å². The summed E-state index contributed by atoms with van der Waals surface area (Å²) < 4.78 is 5.10. The number of aliphatic hydroxyl groups excluding tert-OH is 1. The Balaban J connectivity index is 2.31. The molecule has 102 valence electrons. The molecule has 1 aromatic carbocycles. The molecule has 0 heterocycles. The van der Waals surface area contributed by atoms with E-state index in [1.54, 1.807) is 25.3 Å². The maximum Gasteiger partial charge on any atom is 0.137 e. The second kappa shape index (κ2) is 5.40. The quantitative estimate of drug-likeness (QED) is 0.917. The maximum atomic E-state index is 10.6. The Kier molecular flexibility index (Phi) is 4.03. The standard InChI is InChI=1S/C15H18ClNO2/c1-10-5-6-15(8-10,9-17)14(18)11-3-4-13(19-2)12(16)7-11/h3-4,7,10,14,18H,5-6,8H2,1-2H3. The van der Waals surface area contributed by atoms with Gasteiger partial charge in [-0.3, -0.25) is 0 Å². The van der Waals surface area contributed by atoms with Crippen LogP contribution in [0, 0.1) is 22.7 Å². The molecule has 2 rings (SSSR count). The van der Waals surface area contributed by atoms with Crippen molar-refractivity contribution in [2.24, 2.45) is 11.3 Å². The molecule has 0 bridgehead atoms. The number of nitrogens with zero attached hydrogens (tertiary/aromatic N) is 1. The lowest BCUT2D eigenvalue weighted by Crippen LogP contribution is -2.24. The van der Waals surface area contributed by atoms with Gasteiger partial charge in [0, 0.05) is 0 Å². The first-order valence-corrected chi connectivity index (χ1v) is 6.83. The van der Waals surface area contributed by atoms with Crippen molar-refractivity contribution in [3.63, 3.8) is 0 Å². The van der Waals surface area contributed by atoms with E-state index in [9.17, 15) is 10.4 Å². The zero-order valence-corrected chi connectivity index (χ0v) is 11.9. The fraction of sp³-hybridized carbons (Fsp3) is 0.533. The van der Waals surface area contributed by atoms with Gasteiger partial charge in [0.2, 0.25) is 0 Å². The minimum absolute atomic E-state index is 0.457. The molecule has 1 aliphatic carbocycles. The van der Waals surface area contributed by atoms with Gasteiger partial charge in [0.25, 0.3) is 0 Å². The maximum absolute atomic E-state index is 10.6. The topological polar surface area (TPSA) is 53.2 Å². The summed E-state index contributed by atoms with van der Waals surface area (Å²) in [7, 11) is 1.55. The van der Waals surface area contributed by atoms with E-state index in [-0.39, 0.29) is 0 Å². The van der Waals surface area contributed by atoms with Gasteiger partial charge in [-0.15, -0.1) is 0 Å². The first-order chi connectivity index (χ1) is 9.02. The van der Waals surface area contributed by atoms with E-state index in [0.717, 1.165) is 19.3 Å². The number of hydrogen-bond acceptors (Lipinski definition) is 3. The predicted octanol–water partition coefficient (Wildman–Crippen LogP) is 3.71. The molecule has 19 heavy (non-hydrogen) atoms. The molecular weight excluding hydrogens is 262 g/mol. The number of aliphatic hydroxyl groups is 1. The summed E-state index contributed by atoms with van der Waals surface area (Å²) in [6.45, 7) is 2.12.